The minimum atomic E-state index is 0. The Hall–Kier alpha value is -1.03. The van der Waals surface area contributed by atoms with Gasteiger partial charge in [-0.3, -0.25) is 9.79 Å². The number of allylic oxidation sites excluding steroid dienone is 1. The van der Waals surface area contributed by atoms with E-state index in [2.05, 4.69) is 43.1 Å². The first-order chi connectivity index (χ1) is 21.7. The van der Waals surface area contributed by atoms with Gasteiger partial charge in [0.1, 0.15) is 5.84 Å². The number of halogens is 1. The molecule has 0 aromatic rings. The average molecular weight is 653 g/mol. The van der Waals surface area contributed by atoms with Gasteiger partial charge in [-0.1, -0.05) is 187 Å². The van der Waals surface area contributed by atoms with Crippen molar-refractivity contribution in [2.24, 2.45) is 4.99 Å². The van der Waals surface area contributed by atoms with Crippen LogP contribution in [0.2, 0.25) is 0 Å². The van der Waals surface area contributed by atoms with E-state index < -0.39 is 0 Å². The van der Waals surface area contributed by atoms with Gasteiger partial charge in [-0.15, -0.1) is 12.4 Å². The normalized spacial score (nSPS) is 13.8. The molecule has 1 aliphatic heterocycles. The minimum Gasteiger partial charge on any atom is -0.336 e. The summed E-state index contributed by atoms with van der Waals surface area (Å²) in [6.45, 7) is 8.42. The Morgan fingerprint density at radius 2 is 1.02 bits per heavy atom. The van der Waals surface area contributed by atoms with E-state index >= 15 is 0 Å². The van der Waals surface area contributed by atoms with Crippen molar-refractivity contribution in [2.45, 2.75) is 220 Å². The summed E-state index contributed by atoms with van der Waals surface area (Å²) in [6, 6.07) is 0. The van der Waals surface area contributed by atoms with Crippen LogP contribution in [0.5, 0.6) is 0 Å². The molecule has 0 bridgehead atoms. The smallest absolute Gasteiger partial charge is 0.221 e. The van der Waals surface area contributed by atoms with Crippen molar-refractivity contribution in [3.63, 3.8) is 0 Å². The zero-order chi connectivity index (χ0) is 31.8. The van der Waals surface area contributed by atoms with Crippen molar-refractivity contribution in [3.05, 3.63) is 12.2 Å². The molecule has 0 saturated heterocycles. The number of aliphatic imine (C=N–C) groups is 1. The molecule has 1 rings (SSSR count). The van der Waals surface area contributed by atoms with Crippen LogP contribution in [-0.4, -0.2) is 35.9 Å². The maximum absolute atomic E-state index is 12.6. The van der Waals surface area contributed by atoms with E-state index in [1.54, 1.807) is 0 Å². The van der Waals surface area contributed by atoms with Gasteiger partial charge in [0.15, 0.2) is 0 Å². The van der Waals surface area contributed by atoms with E-state index in [4.69, 9.17) is 4.99 Å². The van der Waals surface area contributed by atoms with Crippen LogP contribution in [0.4, 0.5) is 0 Å². The number of unbranched alkanes of at least 4 members (excludes halogenated alkanes) is 27. The molecule has 4 nitrogen and oxygen atoms in total. The molecule has 1 unspecified atom stereocenters. The van der Waals surface area contributed by atoms with Gasteiger partial charge in [-0.25, -0.2) is 0 Å². The zero-order valence-corrected chi connectivity index (χ0v) is 31.4. The van der Waals surface area contributed by atoms with Crippen molar-refractivity contribution in [1.29, 1.82) is 0 Å². The number of carbonyl (C=O) groups is 1. The molecule has 0 fully saturated rings. The molecule has 1 heterocycles. The Bertz CT molecular complexity index is 695. The fraction of sp³-hybridized carbons (Fsp3) is 0.900. The second kappa shape index (κ2) is 34.3. The third-order valence-corrected chi connectivity index (χ3v) is 9.50. The fourth-order valence-electron chi connectivity index (χ4n) is 6.53. The summed E-state index contributed by atoms with van der Waals surface area (Å²) < 4.78 is 0. The molecule has 5 heteroatoms. The summed E-state index contributed by atoms with van der Waals surface area (Å²) >= 11 is 0. The van der Waals surface area contributed by atoms with E-state index in [-0.39, 0.29) is 24.5 Å². The van der Waals surface area contributed by atoms with Gasteiger partial charge >= 0.3 is 0 Å². The lowest BCUT2D eigenvalue weighted by Crippen LogP contribution is -2.47. The molecule has 0 aromatic carbocycles. The average Bonchev–Trinajstić information content (AvgIpc) is 3.50. The number of amidine groups is 1. The highest BCUT2D eigenvalue weighted by Crippen LogP contribution is 2.15. The number of nitrogens with zero attached hydrogens (tertiary/aromatic N) is 2. The molecule has 0 radical (unpaired) electrons. The van der Waals surface area contributed by atoms with Crippen LogP contribution in [0.25, 0.3) is 0 Å². The van der Waals surface area contributed by atoms with Crippen LogP contribution in [0.15, 0.2) is 17.1 Å². The summed E-state index contributed by atoms with van der Waals surface area (Å²) in [4.78, 5) is 19.5. The topological polar surface area (TPSA) is 44.7 Å². The van der Waals surface area contributed by atoms with Gasteiger partial charge in [0, 0.05) is 13.0 Å². The van der Waals surface area contributed by atoms with E-state index in [0.29, 0.717) is 6.42 Å². The zero-order valence-electron chi connectivity index (χ0n) is 30.6. The van der Waals surface area contributed by atoms with E-state index in [1.807, 2.05) is 0 Å². The van der Waals surface area contributed by atoms with Gasteiger partial charge in [0.25, 0.3) is 0 Å². The van der Waals surface area contributed by atoms with Crippen LogP contribution < -0.4 is 5.32 Å². The summed E-state index contributed by atoms with van der Waals surface area (Å²) in [6.07, 6.45) is 44.8. The molecule has 1 atom stereocenters. The first kappa shape index (κ1) is 44.0. The van der Waals surface area contributed by atoms with Crippen molar-refractivity contribution in [3.8, 4) is 0 Å². The molecule has 0 saturated carbocycles. The second-order valence-corrected chi connectivity index (χ2v) is 13.8. The quantitative estimate of drug-likeness (QED) is 0.0717. The lowest BCUT2D eigenvalue weighted by molar-refractivity contribution is -0.122. The number of hydrogen-bond acceptors (Lipinski definition) is 3. The van der Waals surface area contributed by atoms with Crippen molar-refractivity contribution in [2.75, 3.05) is 13.1 Å². The molecule has 0 aromatic heterocycles. The molecular formula is C40H78ClN3O. The molecule has 1 N–H and O–H groups in total. The van der Waals surface area contributed by atoms with Crippen molar-refractivity contribution >= 4 is 24.1 Å². The molecule has 1 amide bonds. The predicted molar refractivity (Wildman–Crippen MR) is 203 cm³/mol. The Labute approximate surface area is 288 Å². The van der Waals surface area contributed by atoms with Crippen LogP contribution in [0.3, 0.4) is 0 Å². The number of rotatable bonds is 33. The van der Waals surface area contributed by atoms with Crippen LogP contribution in [-0.2, 0) is 4.79 Å². The Kier molecular flexibility index (Phi) is 33.5. The van der Waals surface area contributed by atoms with Gasteiger partial charge in [-0.05, 0) is 32.3 Å². The van der Waals surface area contributed by atoms with Crippen molar-refractivity contribution in [1.82, 2.24) is 10.2 Å². The number of carbonyl (C=O) groups excluding carboxylic acids is 1. The number of hydrogen-bond donors (Lipinski definition) is 1. The highest BCUT2D eigenvalue weighted by Gasteiger charge is 2.21. The van der Waals surface area contributed by atoms with E-state index in [0.717, 1.165) is 31.8 Å². The lowest BCUT2D eigenvalue weighted by atomic mass is 10.0. The van der Waals surface area contributed by atoms with Crippen LogP contribution in [0, 0.1) is 0 Å². The Morgan fingerprint density at radius 3 is 1.44 bits per heavy atom. The molecule has 0 spiro atoms. The maximum atomic E-state index is 12.6. The molecular weight excluding hydrogens is 574 g/mol. The van der Waals surface area contributed by atoms with Gasteiger partial charge in [-0.2, -0.15) is 0 Å². The standard InChI is InChI=1S/C40H77N3O.ClH/c1-4-6-8-10-12-14-16-18-20-22-24-26-28-30-32-34-39-41-36-37-43(39)38(3)42-40(44)35-33-31-29-27-25-23-21-19-17-15-13-11-9-7-5-2;/h32,34,38H,4-31,33,35-37H2,1-3H3,(H,42,44);1H. The third kappa shape index (κ3) is 27.8. The SMILES string of the molecule is CCCCCCCCCCCCCCCC=CC1=NCCN1C(C)NC(=O)CCCCCCCCCCCCCCCCC.Cl. The molecule has 1 aliphatic rings. The monoisotopic (exact) mass is 652 g/mol. The number of amides is 1. The second-order valence-electron chi connectivity index (χ2n) is 13.8. The maximum Gasteiger partial charge on any atom is 0.221 e. The Balaban J connectivity index is 0.0000194. The Morgan fingerprint density at radius 1 is 0.644 bits per heavy atom. The van der Waals surface area contributed by atoms with E-state index in [9.17, 15) is 4.79 Å². The summed E-state index contributed by atoms with van der Waals surface area (Å²) in [5, 5.41) is 3.23. The molecule has 266 valence electrons. The first-order valence-corrected chi connectivity index (χ1v) is 20.0. The summed E-state index contributed by atoms with van der Waals surface area (Å²) in [5.74, 6) is 1.23. The highest BCUT2D eigenvalue weighted by atomic mass is 35.5. The summed E-state index contributed by atoms with van der Waals surface area (Å²) in [7, 11) is 0. The predicted octanol–water partition coefficient (Wildman–Crippen LogP) is 12.9. The van der Waals surface area contributed by atoms with E-state index in [1.165, 1.54) is 173 Å². The third-order valence-electron chi connectivity index (χ3n) is 9.50. The number of nitrogens with one attached hydrogen (secondary N) is 1. The summed E-state index contributed by atoms with van der Waals surface area (Å²) in [5.41, 5.74) is 0. The minimum absolute atomic E-state index is 0. The lowest BCUT2D eigenvalue weighted by Gasteiger charge is -2.27. The van der Waals surface area contributed by atoms with Gasteiger partial charge in [0.05, 0.1) is 12.7 Å². The molecule has 45 heavy (non-hydrogen) atoms. The first-order valence-electron chi connectivity index (χ1n) is 20.0. The van der Waals surface area contributed by atoms with Crippen molar-refractivity contribution < 1.29 is 4.79 Å². The highest BCUT2D eigenvalue weighted by molar-refractivity contribution is 5.94. The van der Waals surface area contributed by atoms with Gasteiger partial charge < -0.3 is 10.2 Å². The van der Waals surface area contributed by atoms with Gasteiger partial charge in [0.2, 0.25) is 5.91 Å². The molecule has 0 aliphatic carbocycles. The largest absolute Gasteiger partial charge is 0.336 e. The van der Waals surface area contributed by atoms with Crippen LogP contribution >= 0.6 is 12.4 Å². The fourth-order valence-corrected chi connectivity index (χ4v) is 6.53. The van der Waals surface area contributed by atoms with Crippen LogP contribution in [0.1, 0.15) is 213 Å².